The minimum atomic E-state index is -0.0678. The lowest BCUT2D eigenvalue weighted by atomic mass is 9.82. The molecule has 13 rings (SSSR count). The van der Waals surface area contributed by atoms with Crippen molar-refractivity contribution in [3.63, 3.8) is 0 Å². The first kappa shape index (κ1) is 33.4. The van der Waals surface area contributed by atoms with Gasteiger partial charge in [-0.05, 0) is 112 Å². The Labute approximate surface area is 347 Å². The van der Waals surface area contributed by atoms with Gasteiger partial charge in [0.1, 0.15) is 11.2 Å². The number of aromatic nitrogens is 2. The van der Waals surface area contributed by atoms with E-state index in [1.807, 2.05) is 12.1 Å². The highest BCUT2D eigenvalue weighted by Gasteiger charge is 2.35. The monoisotopic (exact) mass is 766 g/mol. The zero-order valence-electron chi connectivity index (χ0n) is 33.3. The first-order valence-corrected chi connectivity index (χ1v) is 20.8. The molecule has 1 aliphatic carbocycles. The van der Waals surface area contributed by atoms with E-state index in [0.717, 1.165) is 33.2 Å². The fraction of sp³-hybridized carbons (Fsp3) is 0.0526. The van der Waals surface area contributed by atoms with E-state index in [0.29, 0.717) is 0 Å². The van der Waals surface area contributed by atoms with E-state index in [1.54, 1.807) is 0 Å². The molecule has 0 fully saturated rings. The van der Waals surface area contributed by atoms with Gasteiger partial charge in [-0.25, -0.2) is 0 Å². The van der Waals surface area contributed by atoms with Crippen molar-refractivity contribution < 1.29 is 4.42 Å². The number of furan rings is 1. The highest BCUT2D eigenvalue weighted by Crippen LogP contribution is 2.50. The van der Waals surface area contributed by atoms with Crippen LogP contribution in [-0.4, -0.2) is 9.13 Å². The van der Waals surface area contributed by atoms with Crippen molar-refractivity contribution in [2.75, 3.05) is 0 Å². The minimum absolute atomic E-state index is 0.0678. The summed E-state index contributed by atoms with van der Waals surface area (Å²) in [5.41, 5.74) is 19.1. The Morgan fingerprint density at radius 3 is 1.65 bits per heavy atom. The molecule has 3 heteroatoms. The van der Waals surface area contributed by atoms with Crippen LogP contribution in [-0.2, 0) is 5.41 Å². The van der Waals surface area contributed by atoms with Gasteiger partial charge in [-0.1, -0.05) is 135 Å². The number of nitrogens with zero attached hydrogens (tertiary/aromatic N) is 2. The fourth-order valence-electron chi connectivity index (χ4n) is 10.5. The molecule has 282 valence electrons. The Balaban J connectivity index is 0.954. The van der Waals surface area contributed by atoms with Crippen molar-refractivity contribution in [2.24, 2.45) is 0 Å². The molecule has 12 aromatic rings. The molecule has 0 saturated carbocycles. The third-order valence-corrected chi connectivity index (χ3v) is 13.3. The molecule has 0 atom stereocenters. The first-order valence-electron chi connectivity index (χ1n) is 20.8. The molecular formula is C57H38N2O. The average Bonchev–Trinajstić information content (AvgIpc) is 4.01. The molecule has 0 amide bonds. The van der Waals surface area contributed by atoms with Crippen molar-refractivity contribution in [3.8, 4) is 44.8 Å². The van der Waals surface area contributed by atoms with E-state index in [4.69, 9.17) is 4.42 Å². The number of para-hydroxylation sites is 4. The van der Waals surface area contributed by atoms with Gasteiger partial charge >= 0.3 is 0 Å². The van der Waals surface area contributed by atoms with Gasteiger partial charge in [0.15, 0.2) is 0 Å². The maximum atomic E-state index is 6.20. The lowest BCUT2D eigenvalue weighted by Crippen LogP contribution is -2.15. The molecule has 0 saturated heterocycles. The predicted octanol–water partition coefficient (Wildman–Crippen LogP) is 15.4. The average molecular weight is 767 g/mol. The summed E-state index contributed by atoms with van der Waals surface area (Å²) in [7, 11) is 0. The number of fused-ring (bicyclic) bond motifs is 12. The molecule has 0 spiro atoms. The van der Waals surface area contributed by atoms with Gasteiger partial charge < -0.3 is 13.6 Å². The van der Waals surface area contributed by atoms with Crippen molar-refractivity contribution >= 4 is 65.6 Å². The van der Waals surface area contributed by atoms with Crippen LogP contribution in [0.4, 0.5) is 0 Å². The topological polar surface area (TPSA) is 23.0 Å². The van der Waals surface area contributed by atoms with Gasteiger partial charge in [0.2, 0.25) is 0 Å². The van der Waals surface area contributed by atoms with Crippen molar-refractivity contribution in [3.05, 3.63) is 205 Å². The van der Waals surface area contributed by atoms with Crippen LogP contribution < -0.4 is 0 Å². The number of hydrogen-bond donors (Lipinski definition) is 0. The Hall–Kier alpha value is -7.62. The molecule has 0 aliphatic heterocycles. The lowest BCUT2D eigenvalue weighted by molar-refractivity contribution is 0.660. The molecule has 1 aliphatic rings. The highest BCUT2D eigenvalue weighted by molar-refractivity contribution is 6.13. The van der Waals surface area contributed by atoms with Crippen LogP contribution in [0.15, 0.2) is 199 Å². The molecular weight excluding hydrogens is 729 g/mol. The second-order valence-electron chi connectivity index (χ2n) is 16.9. The molecule has 0 bridgehead atoms. The van der Waals surface area contributed by atoms with E-state index in [2.05, 4.69) is 205 Å². The number of benzene rings is 9. The van der Waals surface area contributed by atoms with Crippen molar-refractivity contribution in [1.29, 1.82) is 0 Å². The standard InChI is InChI=1S/C57H38N2O/c1-57(2)48-18-8-3-14-40(48)41-27-26-38(34-49(41)57)58-51-20-10-5-15-42(51)45-31-35(23-28-53(45)58)36-24-29-54-46(32-36)43-16-6-11-21-52(43)59(54)50-19-9-4-13-39(50)37-25-30-56-47(33-37)44-17-7-12-22-55(44)60-56/h3-34H,1-2H3. The largest absolute Gasteiger partial charge is 0.456 e. The Bertz CT molecular complexity index is 3760. The van der Waals surface area contributed by atoms with E-state index in [1.165, 1.54) is 88.2 Å². The number of hydrogen-bond acceptors (Lipinski definition) is 1. The Morgan fingerprint density at radius 2 is 0.883 bits per heavy atom. The quantitative estimate of drug-likeness (QED) is 0.175. The summed E-state index contributed by atoms with van der Waals surface area (Å²) < 4.78 is 11.1. The molecule has 3 aromatic heterocycles. The SMILES string of the molecule is CC1(C)c2ccccc2-c2ccc(-n3c4ccccc4c4cc(-c5ccc6c(c5)c5ccccc5n6-c5ccccc5-c5ccc6oc7ccccc7c6c5)ccc43)cc21. The summed E-state index contributed by atoms with van der Waals surface area (Å²) in [6.07, 6.45) is 0. The van der Waals surface area contributed by atoms with Gasteiger partial charge in [0.05, 0.1) is 27.8 Å². The smallest absolute Gasteiger partial charge is 0.135 e. The first-order chi connectivity index (χ1) is 29.5. The van der Waals surface area contributed by atoms with Crippen molar-refractivity contribution in [1.82, 2.24) is 9.13 Å². The van der Waals surface area contributed by atoms with Crippen LogP contribution in [0, 0.1) is 0 Å². The zero-order chi connectivity index (χ0) is 39.7. The van der Waals surface area contributed by atoms with Gasteiger partial charge in [-0.2, -0.15) is 0 Å². The number of rotatable bonds is 4. The van der Waals surface area contributed by atoms with E-state index in [-0.39, 0.29) is 5.41 Å². The second-order valence-corrected chi connectivity index (χ2v) is 16.9. The van der Waals surface area contributed by atoms with E-state index in [9.17, 15) is 0 Å². The zero-order valence-corrected chi connectivity index (χ0v) is 33.3. The molecule has 9 aromatic carbocycles. The fourth-order valence-corrected chi connectivity index (χ4v) is 10.5. The van der Waals surface area contributed by atoms with E-state index >= 15 is 0 Å². The van der Waals surface area contributed by atoms with Gasteiger partial charge in [0, 0.05) is 49.0 Å². The van der Waals surface area contributed by atoms with Crippen LogP contribution in [0.5, 0.6) is 0 Å². The lowest BCUT2D eigenvalue weighted by Gasteiger charge is -2.22. The molecule has 3 heterocycles. The van der Waals surface area contributed by atoms with Crippen LogP contribution in [0.2, 0.25) is 0 Å². The summed E-state index contributed by atoms with van der Waals surface area (Å²) in [4.78, 5) is 0. The maximum absolute atomic E-state index is 6.20. The second kappa shape index (κ2) is 12.2. The summed E-state index contributed by atoms with van der Waals surface area (Å²) in [6.45, 7) is 4.71. The molecule has 3 nitrogen and oxygen atoms in total. The van der Waals surface area contributed by atoms with Gasteiger partial charge in [-0.3, -0.25) is 0 Å². The Kier molecular flexibility index (Phi) is 6.78. The third-order valence-electron chi connectivity index (χ3n) is 13.3. The van der Waals surface area contributed by atoms with Gasteiger partial charge in [-0.15, -0.1) is 0 Å². The summed E-state index contributed by atoms with van der Waals surface area (Å²) >= 11 is 0. The van der Waals surface area contributed by atoms with Crippen molar-refractivity contribution in [2.45, 2.75) is 19.3 Å². The van der Waals surface area contributed by atoms with Crippen LogP contribution >= 0.6 is 0 Å². The van der Waals surface area contributed by atoms with Crippen LogP contribution in [0.3, 0.4) is 0 Å². The van der Waals surface area contributed by atoms with Crippen LogP contribution in [0.25, 0.3) is 110 Å². The van der Waals surface area contributed by atoms with E-state index < -0.39 is 0 Å². The third kappa shape index (κ3) is 4.60. The summed E-state index contributed by atoms with van der Waals surface area (Å²) in [6, 6.07) is 71.3. The predicted molar refractivity (Wildman–Crippen MR) is 251 cm³/mol. The van der Waals surface area contributed by atoms with Gasteiger partial charge in [0.25, 0.3) is 0 Å². The molecule has 0 unspecified atom stereocenters. The molecule has 0 N–H and O–H groups in total. The maximum Gasteiger partial charge on any atom is 0.135 e. The highest BCUT2D eigenvalue weighted by atomic mass is 16.3. The van der Waals surface area contributed by atoms with Crippen LogP contribution in [0.1, 0.15) is 25.0 Å². The molecule has 0 radical (unpaired) electrons. The Morgan fingerprint density at radius 1 is 0.350 bits per heavy atom. The summed E-state index contributed by atoms with van der Waals surface area (Å²) in [5, 5.41) is 7.25. The summed E-state index contributed by atoms with van der Waals surface area (Å²) in [5.74, 6) is 0. The normalized spacial score (nSPS) is 13.3. The minimum Gasteiger partial charge on any atom is -0.456 e. The molecule has 60 heavy (non-hydrogen) atoms.